The van der Waals surface area contributed by atoms with Crippen LogP contribution in [0.1, 0.15) is 54.2 Å². The van der Waals surface area contributed by atoms with E-state index in [4.69, 9.17) is 11.6 Å². The van der Waals surface area contributed by atoms with Crippen molar-refractivity contribution in [2.45, 2.75) is 51.2 Å². The van der Waals surface area contributed by atoms with Crippen LogP contribution in [-0.4, -0.2) is 29.4 Å². The standard InChI is InChI=1S/C23H25ClFN3O2/c1-14-18(11-16(24)12-26-14)21(29)27-17-9-7-15(8-10-17)13-28-20-6-4-3-5-19(20)23(2,25)22(28)30/h3-6,11-12,15,17H,7-10,13H2,1-2H3,(H,27,29)/t15-,17-,23-/m1/s1. The van der Waals surface area contributed by atoms with Gasteiger partial charge in [0.15, 0.2) is 0 Å². The summed E-state index contributed by atoms with van der Waals surface area (Å²) >= 11 is 5.97. The number of pyridine rings is 1. The predicted molar refractivity (Wildman–Crippen MR) is 114 cm³/mol. The first kappa shape index (κ1) is 20.8. The SMILES string of the molecule is Cc1ncc(Cl)cc1C(=O)N[C@H]1CC[C@H](CN2C(=O)[C@](C)(F)c3ccccc32)CC1. The van der Waals surface area contributed by atoms with Crippen LogP contribution in [0.4, 0.5) is 10.1 Å². The van der Waals surface area contributed by atoms with Crippen LogP contribution in [0.2, 0.25) is 5.02 Å². The third-order valence-corrected chi connectivity index (χ3v) is 6.48. The van der Waals surface area contributed by atoms with Gasteiger partial charge >= 0.3 is 0 Å². The van der Waals surface area contributed by atoms with E-state index in [2.05, 4.69) is 10.3 Å². The Bertz CT molecular complexity index is 986. The maximum absolute atomic E-state index is 15.0. The van der Waals surface area contributed by atoms with Gasteiger partial charge in [0.2, 0.25) is 5.67 Å². The molecular formula is C23H25ClFN3O2. The van der Waals surface area contributed by atoms with E-state index in [9.17, 15) is 14.0 Å². The van der Waals surface area contributed by atoms with Gasteiger partial charge in [-0.3, -0.25) is 14.6 Å². The van der Waals surface area contributed by atoms with Crippen LogP contribution >= 0.6 is 11.6 Å². The lowest BCUT2D eigenvalue weighted by Gasteiger charge is -2.32. The molecule has 0 radical (unpaired) electrons. The molecule has 1 fully saturated rings. The molecule has 30 heavy (non-hydrogen) atoms. The van der Waals surface area contributed by atoms with Gasteiger partial charge in [0.25, 0.3) is 11.8 Å². The molecule has 1 aromatic heterocycles. The van der Waals surface area contributed by atoms with Crippen LogP contribution in [0.25, 0.3) is 0 Å². The molecule has 1 aliphatic heterocycles. The highest BCUT2D eigenvalue weighted by molar-refractivity contribution is 6.30. The number of carbonyl (C=O) groups excluding carboxylic acids is 2. The summed E-state index contributed by atoms with van der Waals surface area (Å²) in [5, 5.41) is 3.51. The minimum absolute atomic E-state index is 0.0696. The van der Waals surface area contributed by atoms with Crippen molar-refractivity contribution in [2.24, 2.45) is 5.92 Å². The summed E-state index contributed by atoms with van der Waals surface area (Å²) < 4.78 is 15.0. The van der Waals surface area contributed by atoms with Crippen LogP contribution in [0.5, 0.6) is 0 Å². The Morgan fingerprint density at radius 3 is 2.73 bits per heavy atom. The molecule has 4 rings (SSSR count). The van der Waals surface area contributed by atoms with Gasteiger partial charge < -0.3 is 10.2 Å². The zero-order valence-corrected chi connectivity index (χ0v) is 17.9. The number of rotatable bonds is 4. The number of para-hydroxylation sites is 1. The number of halogens is 2. The molecule has 0 bridgehead atoms. The van der Waals surface area contributed by atoms with Gasteiger partial charge in [-0.25, -0.2) is 4.39 Å². The molecule has 1 aromatic carbocycles. The molecule has 0 saturated heterocycles. The largest absolute Gasteiger partial charge is 0.349 e. The van der Waals surface area contributed by atoms with Crippen molar-refractivity contribution in [3.05, 3.63) is 58.4 Å². The Kier molecular flexibility index (Phi) is 5.53. The third-order valence-electron chi connectivity index (χ3n) is 6.27. The second-order valence-electron chi connectivity index (χ2n) is 8.41. The average Bonchev–Trinajstić information content (AvgIpc) is 2.92. The molecular weight excluding hydrogens is 405 g/mol. The molecule has 2 aliphatic rings. The second-order valence-corrected chi connectivity index (χ2v) is 8.85. The van der Waals surface area contributed by atoms with Gasteiger partial charge in [0, 0.05) is 24.3 Å². The van der Waals surface area contributed by atoms with Crippen LogP contribution in [0, 0.1) is 12.8 Å². The van der Waals surface area contributed by atoms with Crippen LogP contribution in [0.3, 0.4) is 0 Å². The van der Waals surface area contributed by atoms with Crippen molar-refractivity contribution in [3.8, 4) is 0 Å². The lowest BCUT2D eigenvalue weighted by Crippen LogP contribution is -2.42. The van der Waals surface area contributed by atoms with Crippen molar-refractivity contribution in [1.29, 1.82) is 0 Å². The molecule has 2 amide bonds. The molecule has 0 spiro atoms. The average molecular weight is 430 g/mol. The van der Waals surface area contributed by atoms with Crippen LogP contribution in [-0.2, 0) is 10.5 Å². The zero-order chi connectivity index (χ0) is 21.5. The molecule has 1 atom stereocenters. The van der Waals surface area contributed by atoms with E-state index in [1.165, 1.54) is 13.1 Å². The van der Waals surface area contributed by atoms with Gasteiger partial charge in [-0.1, -0.05) is 29.8 Å². The first-order valence-corrected chi connectivity index (χ1v) is 10.7. The van der Waals surface area contributed by atoms with E-state index in [0.29, 0.717) is 34.1 Å². The van der Waals surface area contributed by atoms with E-state index in [1.54, 1.807) is 30.0 Å². The topological polar surface area (TPSA) is 62.3 Å². The summed E-state index contributed by atoms with van der Waals surface area (Å²) in [6.07, 6.45) is 4.90. The van der Waals surface area contributed by atoms with Crippen molar-refractivity contribution in [3.63, 3.8) is 0 Å². The Balaban J connectivity index is 1.36. The molecule has 2 heterocycles. The summed E-state index contributed by atoms with van der Waals surface area (Å²) in [6.45, 7) is 3.63. The second kappa shape index (κ2) is 7.99. The highest BCUT2D eigenvalue weighted by Gasteiger charge is 2.48. The van der Waals surface area contributed by atoms with Gasteiger partial charge in [-0.2, -0.15) is 0 Å². The van der Waals surface area contributed by atoms with Crippen LogP contribution < -0.4 is 10.2 Å². The van der Waals surface area contributed by atoms with Gasteiger partial charge in [0.05, 0.1) is 22.0 Å². The molecule has 5 nitrogen and oxygen atoms in total. The number of hydrogen-bond donors (Lipinski definition) is 1. The number of carbonyl (C=O) groups is 2. The van der Waals surface area contributed by atoms with E-state index >= 15 is 0 Å². The number of nitrogens with zero attached hydrogens (tertiary/aromatic N) is 2. The predicted octanol–water partition coefficient (Wildman–Crippen LogP) is 4.56. The highest BCUT2D eigenvalue weighted by atomic mass is 35.5. The number of anilines is 1. The minimum atomic E-state index is -1.97. The fourth-order valence-corrected chi connectivity index (χ4v) is 4.67. The fourth-order valence-electron chi connectivity index (χ4n) is 4.51. The highest BCUT2D eigenvalue weighted by Crippen LogP contribution is 2.43. The molecule has 158 valence electrons. The van der Waals surface area contributed by atoms with Gasteiger partial charge in [0.1, 0.15) is 0 Å². The van der Waals surface area contributed by atoms with Crippen molar-refractivity contribution >= 4 is 29.1 Å². The maximum Gasteiger partial charge on any atom is 0.269 e. The lowest BCUT2D eigenvalue weighted by atomic mass is 9.85. The van der Waals surface area contributed by atoms with E-state index in [0.717, 1.165) is 25.7 Å². The normalized spacial score (nSPS) is 25.9. The third kappa shape index (κ3) is 3.81. The van der Waals surface area contributed by atoms with Crippen LogP contribution in [0.15, 0.2) is 36.5 Å². The molecule has 0 unspecified atom stereocenters. The van der Waals surface area contributed by atoms with Gasteiger partial charge in [-0.05, 0) is 57.6 Å². The molecule has 1 aliphatic carbocycles. The number of aromatic nitrogens is 1. The Morgan fingerprint density at radius 2 is 2.00 bits per heavy atom. The van der Waals surface area contributed by atoms with Gasteiger partial charge in [-0.15, -0.1) is 0 Å². The molecule has 2 aromatic rings. The van der Waals surface area contributed by atoms with E-state index in [-0.39, 0.29) is 17.9 Å². The summed E-state index contributed by atoms with van der Waals surface area (Å²) in [4.78, 5) is 31.0. The van der Waals surface area contributed by atoms with Crippen molar-refractivity contribution in [2.75, 3.05) is 11.4 Å². The first-order chi connectivity index (χ1) is 14.3. The zero-order valence-electron chi connectivity index (χ0n) is 17.1. The summed E-state index contributed by atoms with van der Waals surface area (Å²) in [5.74, 6) is -0.371. The Labute approximate surface area is 180 Å². The molecule has 1 N–H and O–H groups in total. The Hall–Kier alpha value is -2.47. The maximum atomic E-state index is 15.0. The van der Waals surface area contributed by atoms with E-state index < -0.39 is 11.6 Å². The monoisotopic (exact) mass is 429 g/mol. The number of alkyl halides is 1. The number of hydrogen-bond acceptors (Lipinski definition) is 3. The number of amides is 2. The summed E-state index contributed by atoms with van der Waals surface area (Å²) in [7, 11) is 0. The number of nitrogens with one attached hydrogen (secondary N) is 1. The lowest BCUT2D eigenvalue weighted by molar-refractivity contribution is -0.128. The smallest absolute Gasteiger partial charge is 0.269 e. The molecule has 1 saturated carbocycles. The summed E-state index contributed by atoms with van der Waals surface area (Å²) in [5.41, 5.74) is 0.287. The number of aryl methyl sites for hydroxylation is 1. The van der Waals surface area contributed by atoms with Crippen molar-refractivity contribution in [1.82, 2.24) is 10.3 Å². The quantitative estimate of drug-likeness (QED) is 0.774. The molecule has 7 heteroatoms. The van der Waals surface area contributed by atoms with Crippen molar-refractivity contribution < 1.29 is 14.0 Å². The number of benzene rings is 1. The Morgan fingerprint density at radius 1 is 1.30 bits per heavy atom. The van der Waals surface area contributed by atoms with E-state index in [1.807, 2.05) is 12.1 Å². The minimum Gasteiger partial charge on any atom is -0.349 e. The first-order valence-electron chi connectivity index (χ1n) is 10.3. The summed E-state index contributed by atoms with van der Waals surface area (Å²) in [6, 6.07) is 8.80. The fraction of sp³-hybridized carbons (Fsp3) is 0.435. The number of fused-ring (bicyclic) bond motifs is 1.